The van der Waals surface area contributed by atoms with E-state index in [1.807, 2.05) is 11.8 Å². The Balaban J connectivity index is 1.47. The first-order valence-corrected chi connectivity index (χ1v) is 8.74. The maximum absolute atomic E-state index is 12.2. The van der Waals surface area contributed by atoms with Crippen molar-refractivity contribution in [3.8, 4) is 0 Å². The van der Waals surface area contributed by atoms with E-state index >= 15 is 0 Å². The molecule has 0 saturated carbocycles. The average molecular weight is 362 g/mol. The second-order valence-electron chi connectivity index (χ2n) is 5.40. The second kappa shape index (κ2) is 7.97. The van der Waals surface area contributed by atoms with Crippen LogP contribution < -0.4 is 4.90 Å². The lowest BCUT2D eigenvalue weighted by Gasteiger charge is -2.34. The molecule has 2 aromatic heterocycles. The third-order valence-corrected chi connectivity index (χ3v) is 4.62. The molecule has 0 bridgehead atoms. The van der Waals surface area contributed by atoms with Crippen LogP contribution in [0.3, 0.4) is 0 Å². The number of hydrogen-bond donors (Lipinski definition) is 0. The Morgan fingerprint density at radius 1 is 1.20 bits per heavy atom. The number of piperazine rings is 1. The van der Waals surface area contributed by atoms with E-state index in [0.29, 0.717) is 49.1 Å². The normalized spacial score (nSPS) is 14.4. The summed E-state index contributed by atoms with van der Waals surface area (Å²) in [5.41, 5.74) is 0.596. The van der Waals surface area contributed by atoms with Gasteiger partial charge in [0.25, 0.3) is 5.91 Å². The number of anilines is 1. The van der Waals surface area contributed by atoms with E-state index in [2.05, 4.69) is 19.6 Å². The van der Waals surface area contributed by atoms with Crippen LogP contribution in [0.1, 0.15) is 22.3 Å². The summed E-state index contributed by atoms with van der Waals surface area (Å²) in [6, 6.07) is 1.76. The van der Waals surface area contributed by atoms with E-state index in [9.17, 15) is 9.59 Å². The quantitative estimate of drug-likeness (QED) is 0.704. The van der Waals surface area contributed by atoms with Gasteiger partial charge in [0, 0.05) is 38.6 Å². The van der Waals surface area contributed by atoms with Gasteiger partial charge in [0.05, 0.1) is 5.69 Å². The highest BCUT2D eigenvalue weighted by Crippen LogP contribution is 2.13. The van der Waals surface area contributed by atoms with Crippen molar-refractivity contribution in [2.75, 3.05) is 37.7 Å². The molecule has 1 saturated heterocycles. The number of aromatic nitrogens is 4. The van der Waals surface area contributed by atoms with E-state index < -0.39 is 5.97 Å². The first-order valence-electron chi connectivity index (χ1n) is 7.97. The molecule has 0 radical (unpaired) electrons. The number of rotatable bonds is 5. The maximum Gasteiger partial charge on any atom is 0.352 e. The average Bonchev–Trinajstić information content (AvgIpc) is 3.15. The summed E-state index contributed by atoms with van der Waals surface area (Å²) < 4.78 is 8.86. The van der Waals surface area contributed by atoms with Gasteiger partial charge in [0.1, 0.15) is 0 Å². The van der Waals surface area contributed by atoms with Crippen LogP contribution in [0, 0.1) is 0 Å². The number of carbonyl (C=O) groups excluding carboxylic acids is 2. The van der Waals surface area contributed by atoms with Gasteiger partial charge >= 0.3 is 5.97 Å². The van der Waals surface area contributed by atoms with Gasteiger partial charge in [-0.1, -0.05) is 11.4 Å². The van der Waals surface area contributed by atoms with Gasteiger partial charge in [0.15, 0.2) is 11.5 Å². The summed E-state index contributed by atoms with van der Waals surface area (Å²) >= 11 is 0.986. The van der Waals surface area contributed by atoms with Crippen molar-refractivity contribution in [2.45, 2.75) is 13.3 Å². The molecule has 1 aliphatic heterocycles. The van der Waals surface area contributed by atoms with Crippen molar-refractivity contribution >= 4 is 29.4 Å². The van der Waals surface area contributed by atoms with E-state index in [-0.39, 0.29) is 12.5 Å². The molecule has 9 nitrogen and oxygen atoms in total. The monoisotopic (exact) mass is 362 g/mol. The number of hydrogen-bond acceptors (Lipinski definition) is 9. The zero-order valence-electron chi connectivity index (χ0n) is 13.8. The molecule has 1 amide bonds. The smallest absolute Gasteiger partial charge is 0.352 e. The minimum atomic E-state index is -0.545. The van der Waals surface area contributed by atoms with Gasteiger partial charge in [-0.3, -0.25) is 4.79 Å². The van der Waals surface area contributed by atoms with E-state index in [1.54, 1.807) is 23.4 Å². The Morgan fingerprint density at radius 2 is 1.92 bits per heavy atom. The molecule has 10 heteroatoms. The lowest BCUT2D eigenvalue weighted by Crippen LogP contribution is -2.50. The highest BCUT2D eigenvalue weighted by Gasteiger charge is 2.24. The third kappa shape index (κ3) is 4.08. The summed E-state index contributed by atoms with van der Waals surface area (Å²) in [6.07, 6.45) is 3.98. The van der Waals surface area contributed by atoms with Crippen LogP contribution in [0.5, 0.6) is 0 Å². The number of esters is 1. The largest absolute Gasteiger partial charge is 0.451 e. The van der Waals surface area contributed by atoms with Crippen LogP contribution >= 0.6 is 11.5 Å². The third-order valence-electron chi connectivity index (χ3n) is 3.87. The minimum absolute atomic E-state index is 0.211. The molecule has 0 unspecified atom stereocenters. The lowest BCUT2D eigenvalue weighted by atomic mass is 10.3. The SMILES string of the molecule is CCc1nnsc1C(=O)OCC(=O)N1CCN(c2ncccn2)CC1. The summed E-state index contributed by atoms with van der Waals surface area (Å²) in [5.74, 6) is -0.0974. The maximum atomic E-state index is 12.2. The summed E-state index contributed by atoms with van der Waals surface area (Å²) in [4.78, 5) is 36.7. The number of carbonyl (C=O) groups is 2. The Bertz CT molecular complexity index is 730. The van der Waals surface area contributed by atoms with Crippen LogP contribution in [0.4, 0.5) is 5.95 Å². The molecule has 0 spiro atoms. The molecule has 0 atom stereocenters. The van der Waals surface area contributed by atoms with Crippen molar-refractivity contribution in [1.82, 2.24) is 24.5 Å². The van der Waals surface area contributed by atoms with E-state index in [0.717, 1.165) is 11.5 Å². The standard InChI is InChI=1S/C15H18N6O3S/c1-2-11-13(25-19-18-11)14(23)24-10-12(22)20-6-8-21(9-7-20)15-16-4-3-5-17-15/h3-5H,2,6-10H2,1H3. The van der Waals surface area contributed by atoms with Gasteiger partial charge < -0.3 is 14.5 Å². The van der Waals surface area contributed by atoms with Crippen LogP contribution in [0.2, 0.25) is 0 Å². The van der Waals surface area contributed by atoms with Gasteiger partial charge in [-0.05, 0) is 24.0 Å². The van der Waals surface area contributed by atoms with Gasteiger partial charge in [-0.2, -0.15) is 0 Å². The Kier molecular flexibility index (Phi) is 5.49. The number of amides is 1. The molecule has 25 heavy (non-hydrogen) atoms. The molecular weight excluding hydrogens is 344 g/mol. The molecular formula is C15H18N6O3S. The van der Waals surface area contributed by atoms with Crippen molar-refractivity contribution < 1.29 is 14.3 Å². The first kappa shape index (κ1) is 17.2. The second-order valence-corrected chi connectivity index (χ2v) is 6.15. The van der Waals surface area contributed by atoms with Crippen LogP contribution in [0.15, 0.2) is 18.5 Å². The predicted octanol–water partition coefficient (Wildman–Crippen LogP) is 0.396. The first-order chi connectivity index (χ1) is 12.2. The molecule has 1 aliphatic rings. The van der Waals surface area contributed by atoms with Crippen LogP contribution in [-0.4, -0.2) is 69.1 Å². The molecule has 2 aromatic rings. The van der Waals surface area contributed by atoms with Crippen LogP contribution in [-0.2, 0) is 16.0 Å². The number of aryl methyl sites for hydroxylation is 1. The Hall–Kier alpha value is -2.62. The molecule has 0 N–H and O–H groups in total. The van der Waals surface area contributed by atoms with Crippen molar-refractivity contribution in [1.29, 1.82) is 0 Å². The summed E-state index contributed by atoms with van der Waals surface area (Å²) in [6.45, 7) is 3.97. The van der Waals surface area contributed by atoms with Crippen molar-refractivity contribution in [2.24, 2.45) is 0 Å². The highest BCUT2D eigenvalue weighted by molar-refractivity contribution is 7.07. The Morgan fingerprint density at radius 3 is 2.60 bits per heavy atom. The van der Waals surface area contributed by atoms with Crippen molar-refractivity contribution in [3.05, 3.63) is 29.0 Å². The zero-order chi connectivity index (χ0) is 17.6. The van der Waals surface area contributed by atoms with E-state index in [1.165, 1.54) is 0 Å². The van der Waals surface area contributed by atoms with E-state index in [4.69, 9.17) is 4.74 Å². The predicted molar refractivity (Wildman–Crippen MR) is 90.4 cm³/mol. The molecule has 3 rings (SSSR count). The van der Waals surface area contributed by atoms with Crippen molar-refractivity contribution in [3.63, 3.8) is 0 Å². The number of nitrogens with zero attached hydrogens (tertiary/aromatic N) is 6. The molecule has 3 heterocycles. The lowest BCUT2D eigenvalue weighted by molar-refractivity contribution is -0.134. The van der Waals surface area contributed by atoms with Gasteiger partial charge in [-0.15, -0.1) is 5.10 Å². The molecule has 132 valence electrons. The van der Waals surface area contributed by atoms with Crippen LogP contribution in [0.25, 0.3) is 0 Å². The fourth-order valence-electron chi connectivity index (χ4n) is 2.49. The summed E-state index contributed by atoms with van der Waals surface area (Å²) in [7, 11) is 0. The highest BCUT2D eigenvalue weighted by atomic mass is 32.1. The minimum Gasteiger partial charge on any atom is -0.451 e. The number of ether oxygens (including phenoxy) is 1. The van der Waals surface area contributed by atoms with Gasteiger partial charge in [0.2, 0.25) is 5.95 Å². The fourth-order valence-corrected chi connectivity index (χ4v) is 3.13. The molecule has 0 aliphatic carbocycles. The summed E-state index contributed by atoms with van der Waals surface area (Å²) in [5, 5.41) is 3.86. The molecule has 0 aromatic carbocycles. The fraction of sp³-hybridized carbons (Fsp3) is 0.467. The van der Waals surface area contributed by atoms with Gasteiger partial charge in [-0.25, -0.2) is 14.8 Å². The Labute approximate surface area is 148 Å². The zero-order valence-corrected chi connectivity index (χ0v) is 14.6. The topological polar surface area (TPSA) is 101 Å². The molecule has 1 fully saturated rings.